The van der Waals surface area contributed by atoms with Crippen LogP contribution in [0.4, 0.5) is 5.69 Å². The van der Waals surface area contributed by atoms with Gasteiger partial charge in [0.1, 0.15) is 6.54 Å². The quantitative estimate of drug-likeness (QED) is 0.861. The van der Waals surface area contributed by atoms with E-state index in [1.54, 1.807) is 4.68 Å². The summed E-state index contributed by atoms with van der Waals surface area (Å²) >= 11 is 0. The SMILES string of the molecule is CCc1cccc(C)c1NC(=O)Cn1nc(C)c(CCO)c1C. The van der Waals surface area contributed by atoms with Crippen molar-refractivity contribution in [3.05, 3.63) is 46.3 Å². The Labute approximate surface area is 137 Å². The highest BCUT2D eigenvalue weighted by atomic mass is 16.3. The molecule has 124 valence electrons. The number of amides is 1. The predicted octanol–water partition coefficient (Wildman–Crippen LogP) is 2.54. The number of aromatic nitrogens is 2. The first-order chi connectivity index (χ1) is 11.0. The minimum atomic E-state index is -0.0878. The van der Waals surface area contributed by atoms with Crippen molar-refractivity contribution in [2.75, 3.05) is 11.9 Å². The van der Waals surface area contributed by atoms with Crippen molar-refractivity contribution in [3.8, 4) is 0 Å². The van der Waals surface area contributed by atoms with Crippen LogP contribution in [0.1, 0.15) is 35.0 Å². The third-order valence-corrected chi connectivity index (χ3v) is 4.19. The van der Waals surface area contributed by atoms with E-state index in [0.717, 1.165) is 40.2 Å². The Bertz CT molecular complexity index is 705. The number of carbonyl (C=O) groups is 1. The van der Waals surface area contributed by atoms with Gasteiger partial charge in [-0.1, -0.05) is 25.1 Å². The summed E-state index contributed by atoms with van der Waals surface area (Å²) in [6.07, 6.45) is 1.44. The fourth-order valence-corrected chi connectivity index (χ4v) is 2.88. The molecular formula is C18H25N3O2. The van der Waals surface area contributed by atoms with Gasteiger partial charge < -0.3 is 10.4 Å². The Hall–Kier alpha value is -2.14. The van der Waals surface area contributed by atoms with Gasteiger partial charge in [0.05, 0.1) is 5.69 Å². The zero-order valence-electron chi connectivity index (χ0n) is 14.3. The van der Waals surface area contributed by atoms with Gasteiger partial charge in [-0.3, -0.25) is 9.48 Å². The van der Waals surface area contributed by atoms with Crippen molar-refractivity contribution in [3.63, 3.8) is 0 Å². The molecule has 1 amide bonds. The standard InChI is InChI=1S/C18H25N3O2/c1-5-15-8-6-7-12(2)18(15)19-17(23)11-21-14(4)16(9-10-22)13(3)20-21/h6-8,22H,5,9-11H2,1-4H3,(H,19,23). The third-order valence-electron chi connectivity index (χ3n) is 4.19. The van der Waals surface area contributed by atoms with Gasteiger partial charge in [0, 0.05) is 18.0 Å². The Morgan fingerprint density at radius 3 is 2.70 bits per heavy atom. The summed E-state index contributed by atoms with van der Waals surface area (Å²) in [4.78, 5) is 12.4. The zero-order chi connectivity index (χ0) is 17.0. The second-order valence-corrected chi connectivity index (χ2v) is 5.79. The Morgan fingerprint density at radius 1 is 1.30 bits per heavy atom. The van der Waals surface area contributed by atoms with E-state index in [2.05, 4.69) is 17.3 Å². The average Bonchev–Trinajstić information content (AvgIpc) is 2.77. The number of aliphatic hydroxyl groups excluding tert-OH is 1. The van der Waals surface area contributed by atoms with Gasteiger partial charge >= 0.3 is 0 Å². The molecular weight excluding hydrogens is 290 g/mol. The van der Waals surface area contributed by atoms with E-state index in [4.69, 9.17) is 5.11 Å². The third kappa shape index (κ3) is 3.79. The summed E-state index contributed by atoms with van der Waals surface area (Å²) < 4.78 is 1.71. The highest BCUT2D eigenvalue weighted by molar-refractivity contribution is 5.92. The number of nitrogens with zero attached hydrogens (tertiary/aromatic N) is 2. The lowest BCUT2D eigenvalue weighted by Gasteiger charge is -2.13. The highest BCUT2D eigenvalue weighted by Crippen LogP contribution is 2.21. The molecule has 0 aliphatic heterocycles. The molecule has 1 heterocycles. The number of anilines is 1. The molecule has 1 aromatic carbocycles. The minimum absolute atomic E-state index is 0.0860. The molecule has 1 aromatic heterocycles. The molecule has 0 atom stereocenters. The van der Waals surface area contributed by atoms with Crippen LogP contribution in [0, 0.1) is 20.8 Å². The normalized spacial score (nSPS) is 10.8. The van der Waals surface area contributed by atoms with E-state index in [1.807, 2.05) is 39.0 Å². The van der Waals surface area contributed by atoms with Gasteiger partial charge in [0.15, 0.2) is 0 Å². The molecule has 0 saturated carbocycles. The monoisotopic (exact) mass is 315 g/mol. The molecule has 2 N–H and O–H groups in total. The van der Waals surface area contributed by atoms with Crippen LogP contribution < -0.4 is 5.32 Å². The number of benzene rings is 1. The van der Waals surface area contributed by atoms with E-state index in [1.165, 1.54) is 0 Å². The first-order valence-electron chi connectivity index (χ1n) is 8.00. The molecule has 0 spiro atoms. The van der Waals surface area contributed by atoms with Crippen molar-refractivity contribution in [1.82, 2.24) is 9.78 Å². The molecule has 0 unspecified atom stereocenters. The molecule has 0 aliphatic rings. The lowest BCUT2D eigenvalue weighted by molar-refractivity contribution is -0.116. The molecule has 23 heavy (non-hydrogen) atoms. The summed E-state index contributed by atoms with van der Waals surface area (Å²) in [5, 5.41) is 16.6. The van der Waals surface area contributed by atoms with Crippen LogP contribution in [0.2, 0.25) is 0 Å². The number of hydrogen-bond donors (Lipinski definition) is 2. The number of para-hydroxylation sites is 1. The largest absolute Gasteiger partial charge is 0.396 e. The second kappa shape index (κ2) is 7.42. The van der Waals surface area contributed by atoms with Gasteiger partial charge in [0.2, 0.25) is 5.91 Å². The fourth-order valence-electron chi connectivity index (χ4n) is 2.88. The summed E-state index contributed by atoms with van der Waals surface area (Å²) in [7, 11) is 0. The molecule has 0 fully saturated rings. The molecule has 2 aromatic rings. The van der Waals surface area contributed by atoms with Gasteiger partial charge in [-0.25, -0.2) is 0 Å². The number of hydrogen-bond acceptors (Lipinski definition) is 3. The minimum Gasteiger partial charge on any atom is -0.396 e. The molecule has 0 radical (unpaired) electrons. The Balaban J connectivity index is 2.16. The number of rotatable bonds is 6. The van der Waals surface area contributed by atoms with Crippen molar-refractivity contribution in [1.29, 1.82) is 0 Å². The van der Waals surface area contributed by atoms with Crippen LogP contribution in [-0.2, 0) is 24.2 Å². The maximum Gasteiger partial charge on any atom is 0.246 e. The molecule has 5 heteroatoms. The summed E-state index contributed by atoms with van der Waals surface area (Å²) in [5.74, 6) is -0.0878. The van der Waals surface area contributed by atoms with Crippen molar-refractivity contribution >= 4 is 11.6 Å². The second-order valence-electron chi connectivity index (χ2n) is 5.79. The molecule has 5 nitrogen and oxygen atoms in total. The van der Waals surface area contributed by atoms with E-state index in [-0.39, 0.29) is 19.1 Å². The van der Waals surface area contributed by atoms with E-state index >= 15 is 0 Å². The molecule has 2 rings (SSSR count). The van der Waals surface area contributed by atoms with Gasteiger partial charge in [-0.05, 0) is 50.3 Å². The number of aliphatic hydroxyl groups is 1. The fraction of sp³-hybridized carbons (Fsp3) is 0.444. The summed E-state index contributed by atoms with van der Waals surface area (Å²) in [6, 6.07) is 6.04. The van der Waals surface area contributed by atoms with E-state index < -0.39 is 0 Å². The van der Waals surface area contributed by atoms with Crippen LogP contribution >= 0.6 is 0 Å². The van der Waals surface area contributed by atoms with Crippen LogP contribution in [0.3, 0.4) is 0 Å². The lowest BCUT2D eigenvalue weighted by Crippen LogP contribution is -2.21. The van der Waals surface area contributed by atoms with Crippen LogP contribution in [0.25, 0.3) is 0 Å². The molecule has 0 aliphatic carbocycles. The predicted molar refractivity (Wildman–Crippen MR) is 91.7 cm³/mol. The van der Waals surface area contributed by atoms with E-state index in [9.17, 15) is 4.79 Å². The number of nitrogens with one attached hydrogen (secondary N) is 1. The van der Waals surface area contributed by atoms with Gasteiger partial charge in [-0.15, -0.1) is 0 Å². The molecule has 0 saturated heterocycles. The maximum atomic E-state index is 12.4. The van der Waals surface area contributed by atoms with Crippen molar-refractivity contribution in [2.24, 2.45) is 0 Å². The topological polar surface area (TPSA) is 67.2 Å². The van der Waals surface area contributed by atoms with Crippen molar-refractivity contribution < 1.29 is 9.90 Å². The number of aryl methyl sites for hydroxylation is 3. The Kier molecular flexibility index (Phi) is 5.55. The van der Waals surface area contributed by atoms with Crippen LogP contribution in [0.5, 0.6) is 0 Å². The molecule has 0 bridgehead atoms. The van der Waals surface area contributed by atoms with Gasteiger partial charge in [-0.2, -0.15) is 5.10 Å². The van der Waals surface area contributed by atoms with Crippen LogP contribution in [-0.4, -0.2) is 27.4 Å². The maximum absolute atomic E-state index is 12.4. The first-order valence-corrected chi connectivity index (χ1v) is 8.00. The average molecular weight is 315 g/mol. The van der Waals surface area contributed by atoms with Crippen molar-refractivity contribution in [2.45, 2.75) is 47.1 Å². The zero-order valence-corrected chi connectivity index (χ0v) is 14.3. The summed E-state index contributed by atoms with van der Waals surface area (Å²) in [6.45, 7) is 8.18. The summed E-state index contributed by atoms with van der Waals surface area (Å²) in [5.41, 5.74) is 5.92. The smallest absolute Gasteiger partial charge is 0.246 e. The lowest BCUT2D eigenvalue weighted by atomic mass is 10.1. The Morgan fingerprint density at radius 2 is 2.04 bits per heavy atom. The number of carbonyl (C=O) groups excluding carboxylic acids is 1. The van der Waals surface area contributed by atoms with Crippen LogP contribution in [0.15, 0.2) is 18.2 Å². The van der Waals surface area contributed by atoms with E-state index in [0.29, 0.717) is 6.42 Å². The first kappa shape index (κ1) is 17.2. The highest BCUT2D eigenvalue weighted by Gasteiger charge is 2.14. The van der Waals surface area contributed by atoms with Gasteiger partial charge in [0.25, 0.3) is 0 Å².